The average Bonchev–Trinajstić information content (AvgIpc) is 3.17. The van der Waals surface area contributed by atoms with E-state index < -0.39 is 113 Å². The van der Waals surface area contributed by atoms with Crippen molar-refractivity contribution in [1.82, 2.24) is 43.1 Å². The van der Waals surface area contributed by atoms with Crippen LogP contribution in [0, 0.1) is 10.4 Å². The Balaban J connectivity index is 5.96. The number of hydroxylamine groups is 2. The first-order valence-corrected chi connectivity index (χ1v) is 18.8. The van der Waals surface area contributed by atoms with Crippen molar-refractivity contribution in [2.75, 3.05) is 19.6 Å². The van der Waals surface area contributed by atoms with Gasteiger partial charge in [0.25, 0.3) is 0 Å². The zero-order chi connectivity index (χ0) is 45.2. The second-order valence-electron chi connectivity index (χ2n) is 13.5. The first-order chi connectivity index (χ1) is 27.7. The monoisotopic (exact) mass is 856 g/mol. The topological polar surface area (TPSA) is 429 Å². The lowest BCUT2D eigenvalue weighted by Crippen LogP contribution is -3.13. The summed E-state index contributed by atoms with van der Waals surface area (Å²) in [5.41, 5.74) is 2.74. The standard InChI is InChI=1S/C32H60N10O17/c1-4-5-6-7-8-13-21(45)36-25(26(47)32(54)55)30(51)38-24(18(3)44)29(50)37-23(17(2)43)28(49)35-19(11-9-14-41(58)39-56)27(48)33-16-22(46)34-20(31(52)53)12-10-15-42(59)40-57/h17-20,23-26,39-44,47,56-57H,4-16H2,1-3H3,(H,33,48)(H,34,46)(H,35,49)(H,36,45)(H,37,50)(H,38,51)(H,52,53)(H,54,55)/t17-,18-,19-,20-,23-,24+,25-,26-/m1/s1. The number of rotatable bonds is 32. The first kappa shape index (κ1) is 54.3. The lowest BCUT2D eigenvalue weighted by molar-refractivity contribution is -0.926. The molecule has 0 rings (SSSR count). The summed E-state index contributed by atoms with van der Waals surface area (Å²) < 4.78 is 0. The normalized spacial score (nSPS) is 16.3. The minimum atomic E-state index is -2.49. The van der Waals surface area contributed by atoms with Crippen LogP contribution in [0.3, 0.4) is 0 Å². The molecule has 0 heterocycles. The summed E-state index contributed by atoms with van der Waals surface area (Å²) in [6.45, 7) is 2.58. The number of aliphatic hydroxyl groups is 3. The molecule has 59 heavy (non-hydrogen) atoms. The third kappa shape index (κ3) is 22.3. The predicted octanol–water partition coefficient (Wildman–Crippen LogP) is -7.71. The Labute approximate surface area is 338 Å². The van der Waals surface area contributed by atoms with Crippen LogP contribution in [0.15, 0.2) is 0 Å². The fraction of sp³-hybridized carbons (Fsp3) is 0.750. The number of carboxylic acid groups (broad SMARTS) is 2. The molecule has 27 nitrogen and oxygen atoms in total. The Morgan fingerprint density at radius 1 is 0.559 bits per heavy atom. The van der Waals surface area contributed by atoms with Gasteiger partial charge in [-0.3, -0.25) is 49.5 Å². The highest BCUT2D eigenvalue weighted by Crippen LogP contribution is 2.07. The van der Waals surface area contributed by atoms with Crippen LogP contribution in [0.25, 0.3) is 0 Å². The Kier molecular flexibility index (Phi) is 27.2. The van der Waals surface area contributed by atoms with E-state index in [-0.39, 0.29) is 45.2 Å². The smallest absolute Gasteiger partial charge is 0.335 e. The largest absolute Gasteiger partial charge is 0.611 e. The van der Waals surface area contributed by atoms with E-state index in [1.165, 1.54) is 11.2 Å². The quantitative estimate of drug-likeness (QED) is 0.0221. The van der Waals surface area contributed by atoms with Crippen LogP contribution in [0.2, 0.25) is 0 Å². The van der Waals surface area contributed by atoms with E-state index in [0.717, 1.165) is 33.1 Å². The Morgan fingerprint density at radius 3 is 1.49 bits per heavy atom. The number of carboxylic acids is 2. The van der Waals surface area contributed by atoms with E-state index in [9.17, 15) is 74.3 Å². The highest BCUT2D eigenvalue weighted by molar-refractivity contribution is 5.98. The molecule has 0 saturated heterocycles. The van der Waals surface area contributed by atoms with Crippen molar-refractivity contribution < 1.29 is 84.6 Å². The molecule has 6 amide bonds. The molecule has 10 atom stereocenters. The van der Waals surface area contributed by atoms with Gasteiger partial charge in [0.2, 0.25) is 35.4 Å². The summed E-state index contributed by atoms with van der Waals surface area (Å²) in [5.74, 6) is -10.2. The fourth-order valence-electron chi connectivity index (χ4n) is 5.23. The number of hydrogen-bond acceptors (Lipinski definition) is 17. The maximum Gasteiger partial charge on any atom is 0.335 e. The highest BCUT2D eigenvalue weighted by Gasteiger charge is 2.38. The Bertz CT molecular complexity index is 1360. The van der Waals surface area contributed by atoms with Crippen LogP contribution in [0.5, 0.6) is 0 Å². The number of quaternary nitrogens is 2. The molecule has 2 unspecified atom stereocenters. The summed E-state index contributed by atoms with van der Waals surface area (Å²) in [6.07, 6.45) is -3.18. The van der Waals surface area contributed by atoms with E-state index in [2.05, 4.69) is 26.6 Å². The van der Waals surface area contributed by atoms with Crippen molar-refractivity contribution in [1.29, 1.82) is 0 Å². The van der Waals surface area contributed by atoms with Crippen LogP contribution < -0.4 is 53.4 Å². The van der Waals surface area contributed by atoms with E-state index >= 15 is 0 Å². The lowest BCUT2D eigenvalue weighted by atomic mass is 10.0. The molecule has 0 bridgehead atoms. The Hall–Kier alpha value is -4.68. The third-order valence-electron chi connectivity index (χ3n) is 8.53. The van der Waals surface area contributed by atoms with E-state index in [0.29, 0.717) is 12.8 Å². The van der Waals surface area contributed by atoms with E-state index in [4.69, 9.17) is 10.4 Å². The summed E-state index contributed by atoms with van der Waals surface area (Å²) in [6, 6.07) is -9.15. The number of aliphatic hydroxyl groups excluding tert-OH is 3. The maximum absolute atomic E-state index is 13.4. The zero-order valence-corrected chi connectivity index (χ0v) is 33.0. The molecule has 0 aliphatic carbocycles. The van der Waals surface area contributed by atoms with Gasteiger partial charge in [0.1, 0.15) is 30.2 Å². The molecule has 27 heteroatoms. The highest BCUT2D eigenvalue weighted by atomic mass is 16.7. The number of nitrogens with one attached hydrogen (secondary N) is 10. The molecule has 340 valence electrons. The summed E-state index contributed by atoms with van der Waals surface area (Å²) in [7, 11) is 0. The number of carbonyl (C=O) groups is 8. The molecule has 0 aromatic rings. The zero-order valence-electron chi connectivity index (χ0n) is 33.0. The second-order valence-corrected chi connectivity index (χ2v) is 13.5. The van der Waals surface area contributed by atoms with Crippen molar-refractivity contribution in [3.8, 4) is 0 Å². The molecule has 0 aromatic carbocycles. The second kappa shape index (κ2) is 29.5. The first-order valence-electron chi connectivity index (χ1n) is 18.8. The van der Waals surface area contributed by atoms with Crippen LogP contribution in [-0.2, 0) is 38.4 Å². The van der Waals surface area contributed by atoms with Gasteiger partial charge in [0.15, 0.2) is 6.10 Å². The van der Waals surface area contributed by atoms with Crippen LogP contribution in [-0.4, -0.2) is 151 Å². The number of amides is 6. The van der Waals surface area contributed by atoms with Crippen molar-refractivity contribution in [2.24, 2.45) is 0 Å². The average molecular weight is 857 g/mol. The summed E-state index contributed by atoms with van der Waals surface area (Å²) in [4.78, 5) is 101. The van der Waals surface area contributed by atoms with Crippen molar-refractivity contribution in [3.05, 3.63) is 10.4 Å². The predicted molar refractivity (Wildman–Crippen MR) is 197 cm³/mol. The SMILES string of the molecule is CCCCCCCC(=O)N[C@@H](C(=O)N[C@H](C(=O)N[C@@H](C(=O)N[C@H](CCC[NH+]([O-])NO)C(=O)NCC(=O)N[C@H](CCC[NH+]([O-])NO)C(=O)O)[C@@H](C)O)[C@@H](C)O)[C@@H](O)C(=O)O. The van der Waals surface area contributed by atoms with E-state index in [1.807, 2.05) is 12.2 Å². The van der Waals surface area contributed by atoms with Crippen molar-refractivity contribution in [3.63, 3.8) is 0 Å². The van der Waals surface area contributed by atoms with E-state index in [1.54, 1.807) is 0 Å². The number of hydrogen-bond donors (Lipinski definition) is 17. The van der Waals surface area contributed by atoms with Crippen molar-refractivity contribution in [2.45, 2.75) is 134 Å². The molecule has 17 N–H and O–H groups in total. The molecule has 0 aromatic heterocycles. The minimum absolute atomic E-state index is 0.0528. The molecule has 0 saturated carbocycles. The molecular formula is C32H60N10O17. The summed E-state index contributed by atoms with van der Waals surface area (Å²) >= 11 is 0. The molecule has 0 spiro atoms. The van der Waals surface area contributed by atoms with Gasteiger partial charge >= 0.3 is 11.9 Å². The van der Waals surface area contributed by atoms with Gasteiger partial charge in [0.05, 0.1) is 31.8 Å². The summed E-state index contributed by atoms with van der Waals surface area (Å²) in [5, 5.41) is 101. The number of aliphatic carboxylic acids is 2. The fourth-order valence-corrected chi connectivity index (χ4v) is 5.23. The van der Waals surface area contributed by atoms with Crippen molar-refractivity contribution >= 4 is 47.4 Å². The van der Waals surface area contributed by atoms with Gasteiger partial charge in [-0.15, -0.1) is 0 Å². The molecule has 0 radical (unpaired) electrons. The Morgan fingerprint density at radius 2 is 1.03 bits per heavy atom. The van der Waals surface area contributed by atoms with Crippen LogP contribution in [0.4, 0.5) is 0 Å². The molecule has 0 aliphatic heterocycles. The molecule has 0 fully saturated rings. The minimum Gasteiger partial charge on any atom is -0.611 e. The van der Waals surface area contributed by atoms with Gasteiger partial charge in [-0.1, -0.05) is 32.6 Å². The van der Waals surface area contributed by atoms with Gasteiger partial charge in [0, 0.05) is 19.3 Å². The molecular weight excluding hydrogens is 796 g/mol. The van der Waals surface area contributed by atoms with Gasteiger partial charge in [-0.25, -0.2) is 9.59 Å². The van der Waals surface area contributed by atoms with Gasteiger partial charge in [-0.2, -0.15) is 0 Å². The van der Waals surface area contributed by atoms with Gasteiger partial charge in [-0.05, 0) is 44.3 Å². The lowest BCUT2D eigenvalue weighted by Gasteiger charge is -2.29. The maximum atomic E-state index is 13.4. The third-order valence-corrected chi connectivity index (χ3v) is 8.53. The van der Waals surface area contributed by atoms with Gasteiger partial charge < -0.3 is 67.8 Å². The van der Waals surface area contributed by atoms with Crippen LogP contribution >= 0.6 is 0 Å². The molecule has 0 aliphatic rings. The number of unbranched alkanes of at least 4 members (excludes halogenated alkanes) is 4. The van der Waals surface area contributed by atoms with Crippen LogP contribution in [0.1, 0.15) is 85.0 Å². The number of carbonyl (C=O) groups excluding carboxylic acids is 6.